The molecule has 0 fully saturated rings. The third-order valence-electron chi connectivity index (χ3n) is 7.76. The van der Waals surface area contributed by atoms with Crippen LogP contribution in [0.2, 0.25) is 0 Å². The zero-order valence-electron chi connectivity index (χ0n) is 27.8. The van der Waals surface area contributed by atoms with Crippen molar-refractivity contribution in [3.8, 4) is 22.6 Å². The summed E-state index contributed by atoms with van der Waals surface area (Å²) in [6, 6.07) is 20.6. The highest BCUT2D eigenvalue weighted by Crippen LogP contribution is 2.24. The Labute approximate surface area is 274 Å². The molecule has 1 atom stereocenters. The highest BCUT2D eigenvalue weighted by molar-refractivity contribution is 5.91. The van der Waals surface area contributed by atoms with E-state index in [4.69, 9.17) is 18.9 Å². The second-order valence-corrected chi connectivity index (χ2v) is 11.6. The highest BCUT2D eigenvalue weighted by atomic mass is 16.6. The number of benzene rings is 3. The zero-order valence-corrected chi connectivity index (χ0v) is 27.8. The van der Waals surface area contributed by atoms with Gasteiger partial charge in [0, 0.05) is 6.61 Å². The van der Waals surface area contributed by atoms with Crippen LogP contribution in [0.3, 0.4) is 0 Å². The first-order chi connectivity index (χ1) is 22.4. The smallest absolute Gasteiger partial charge is 0.343 e. The quantitative estimate of drug-likeness (QED) is 0.0658. The first-order valence-corrected chi connectivity index (χ1v) is 16.9. The van der Waals surface area contributed by atoms with Crippen LogP contribution in [0.25, 0.3) is 11.1 Å². The van der Waals surface area contributed by atoms with E-state index in [2.05, 4.69) is 6.92 Å². The average molecular weight is 631 g/mol. The van der Waals surface area contributed by atoms with Gasteiger partial charge in [0.25, 0.3) is 0 Å². The Bertz CT molecular complexity index is 1310. The molecule has 3 aromatic rings. The van der Waals surface area contributed by atoms with Gasteiger partial charge in [0.2, 0.25) is 0 Å². The van der Waals surface area contributed by atoms with Crippen molar-refractivity contribution in [2.45, 2.75) is 104 Å². The molecule has 0 saturated heterocycles. The normalized spacial score (nSPS) is 11.5. The molecule has 0 radical (unpaired) electrons. The molecule has 0 aliphatic carbocycles. The molecule has 0 heterocycles. The van der Waals surface area contributed by atoms with Crippen molar-refractivity contribution in [3.63, 3.8) is 0 Å². The van der Waals surface area contributed by atoms with E-state index in [1.54, 1.807) is 55.5 Å². The topological polar surface area (TPSA) is 88.1 Å². The summed E-state index contributed by atoms with van der Waals surface area (Å²) in [5, 5.41) is 0. The van der Waals surface area contributed by atoms with Crippen molar-refractivity contribution in [2.24, 2.45) is 0 Å². The molecule has 0 aliphatic rings. The lowest BCUT2D eigenvalue weighted by Gasteiger charge is -2.13. The van der Waals surface area contributed by atoms with Crippen molar-refractivity contribution in [1.29, 1.82) is 0 Å². The summed E-state index contributed by atoms with van der Waals surface area (Å²) in [7, 11) is 0. The predicted octanol–water partition coefficient (Wildman–Crippen LogP) is 9.76. The lowest BCUT2D eigenvalue weighted by molar-refractivity contribution is -0.146. The molecular formula is C39H50O7. The summed E-state index contributed by atoms with van der Waals surface area (Å²) in [5.41, 5.74) is 2.68. The van der Waals surface area contributed by atoms with Crippen LogP contribution >= 0.6 is 0 Å². The number of carbonyl (C=O) groups excluding carboxylic acids is 3. The monoisotopic (exact) mass is 630 g/mol. The van der Waals surface area contributed by atoms with Crippen LogP contribution in [0, 0.1) is 0 Å². The molecule has 0 aliphatic heterocycles. The first-order valence-electron chi connectivity index (χ1n) is 16.9. The second-order valence-electron chi connectivity index (χ2n) is 11.6. The summed E-state index contributed by atoms with van der Waals surface area (Å²) in [6.45, 7) is 6.92. The van der Waals surface area contributed by atoms with Gasteiger partial charge in [-0.05, 0) is 79.4 Å². The van der Waals surface area contributed by atoms with Gasteiger partial charge in [-0.25, -0.2) is 14.4 Å². The number of hydrogen-bond donors (Lipinski definition) is 0. The minimum absolute atomic E-state index is 0.327. The summed E-state index contributed by atoms with van der Waals surface area (Å²) < 4.78 is 21.9. The maximum absolute atomic E-state index is 12.7. The Balaban J connectivity index is 1.36. The largest absolute Gasteiger partial charge is 0.462 e. The fourth-order valence-corrected chi connectivity index (χ4v) is 4.85. The molecule has 7 heteroatoms. The van der Waals surface area contributed by atoms with E-state index < -0.39 is 18.0 Å². The fraction of sp³-hybridized carbons (Fsp3) is 0.462. The van der Waals surface area contributed by atoms with Crippen molar-refractivity contribution in [2.75, 3.05) is 13.2 Å². The number of hydrogen-bond acceptors (Lipinski definition) is 7. The average Bonchev–Trinajstić information content (AvgIpc) is 3.08. The Kier molecular flexibility index (Phi) is 16.6. The van der Waals surface area contributed by atoms with Gasteiger partial charge in [0.15, 0.2) is 6.10 Å². The van der Waals surface area contributed by atoms with Crippen LogP contribution in [0.15, 0.2) is 72.8 Å². The van der Waals surface area contributed by atoms with E-state index in [0.717, 1.165) is 36.8 Å². The fourth-order valence-electron chi connectivity index (χ4n) is 4.85. The van der Waals surface area contributed by atoms with Crippen LogP contribution in [0.4, 0.5) is 0 Å². The Hall–Kier alpha value is -3.97. The maximum atomic E-state index is 12.7. The first kappa shape index (κ1) is 36.5. The standard InChI is InChI=1S/C39H50O7/c1-4-6-8-9-10-11-12-13-14-15-29-43-30(3)37(40)45-35-26-22-34(23-27-35)39(42)46-36-24-20-32(21-25-36)31-16-18-33(19-17-31)38(41)44-28-7-5-2/h16-27,30H,4-15,28-29H2,1-3H3/t30-/m0/s1. The van der Waals surface area contributed by atoms with Crippen molar-refractivity contribution < 1.29 is 33.3 Å². The van der Waals surface area contributed by atoms with Gasteiger partial charge in [-0.1, -0.05) is 102 Å². The van der Waals surface area contributed by atoms with E-state index in [1.165, 1.54) is 51.4 Å². The number of carbonyl (C=O) groups is 3. The number of esters is 3. The SMILES string of the molecule is CCCCCCCCCCCCO[C@@H](C)C(=O)Oc1ccc(C(=O)Oc2ccc(-c3ccc(C(=O)OCCCC)cc3)cc2)cc1. The van der Waals surface area contributed by atoms with Crippen LogP contribution in [0.1, 0.15) is 119 Å². The predicted molar refractivity (Wildman–Crippen MR) is 181 cm³/mol. The van der Waals surface area contributed by atoms with E-state index in [9.17, 15) is 14.4 Å². The van der Waals surface area contributed by atoms with E-state index in [-0.39, 0.29) is 5.97 Å². The van der Waals surface area contributed by atoms with Crippen molar-refractivity contribution in [1.82, 2.24) is 0 Å². The molecule has 0 saturated carbocycles. The molecule has 3 rings (SSSR count). The lowest BCUT2D eigenvalue weighted by Crippen LogP contribution is -2.26. The number of ether oxygens (including phenoxy) is 4. The lowest BCUT2D eigenvalue weighted by atomic mass is 10.0. The minimum Gasteiger partial charge on any atom is -0.462 e. The molecule has 0 unspecified atom stereocenters. The summed E-state index contributed by atoms with van der Waals surface area (Å²) >= 11 is 0. The van der Waals surface area contributed by atoms with Gasteiger partial charge >= 0.3 is 17.9 Å². The Morgan fingerprint density at radius 3 is 1.57 bits per heavy atom. The van der Waals surface area contributed by atoms with Crippen LogP contribution < -0.4 is 9.47 Å². The summed E-state index contributed by atoms with van der Waals surface area (Å²) in [4.78, 5) is 37.3. The number of rotatable bonds is 21. The number of unbranched alkanes of at least 4 members (excludes halogenated alkanes) is 10. The Morgan fingerprint density at radius 2 is 0.978 bits per heavy atom. The van der Waals surface area contributed by atoms with Crippen LogP contribution in [0.5, 0.6) is 11.5 Å². The maximum Gasteiger partial charge on any atom is 0.343 e. The molecular weight excluding hydrogens is 580 g/mol. The van der Waals surface area contributed by atoms with Crippen LogP contribution in [-0.4, -0.2) is 37.2 Å². The molecule has 46 heavy (non-hydrogen) atoms. The molecule has 0 aromatic heterocycles. The van der Waals surface area contributed by atoms with E-state index in [1.807, 2.05) is 31.2 Å². The molecule has 0 spiro atoms. The van der Waals surface area contributed by atoms with E-state index >= 15 is 0 Å². The third-order valence-corrected chi connectivity index (χ3v) is 7.76. The van der Waals surface area contributed by atoms with Gasteiger partial charge in [-0.3, -0.25) is 0 Å². The van der Waals surface area contributed by atoms with Crippen molar-refractivity contribution in [3.05, 3.63) is 83.9 Å². The zero-order chi connectivity index (χ0) is 33.0. The summed E-state index contributed by atoms with van der Waals surface area (Å²) in [5.74, 6) is -0.588. The third kappa shape index (κ3) is 13.2. The van der Waals surface area contributed by atoms with Gasteiger partial charge in [-0.2, -0.15) is 0 Å². The van der Waals surface area contributed by atoms with Crippen LogP contribution in [-0.2, 0) is 14.3 Å². The van der Waals surface area contributed by atoms with E-state index in [0.29, 0.717) is 35.8 Å². The molecule has 0 bridgehead atoms. The van der Waals surface area contributed by atoms with Crippen molar-refractivity contribution >= 4 is 17.9 Å². The van der Waals surface area contributed by atoms with Gasteiger partial charge in [0.05, 0.1) is 17.7 Å². The molecule has 0 N–H and O–H groups in total. The Morgan fingerprint density at radius 1 is 0.522 bits per heavy atom. The molecule has 3 aromatic carbocycles. The second kappa shape index (κ2) is 20.9. The molecule has 248 valence electrons. The highest BCUT2D eigenvalue weighted by Gasteiger charge is 2.17. The molecule has 0 amide bonds. The molecule has 7 nitrogen and oxygen atoms in total. The van der Waals surface area contributed by atoms with Gasteiger partial charge < -0.3 is 18.9 Å². The van der Waals surface area contributed by atoms with Gasteiger partial charge in [-0.15, -0.1) is 0 Å². The summed E-state index contributed by atoms with van der Waals surface area (Å²) in [6.07, 6.45) is 13.6. The minimum atomic E-state index is -0.670. The van der Waals surface area contributed by atoms with Gasteiger partial charge in [0.1, 0.15) is 11.5 Å².